The number of alkyl halides is 3. The number of hydrogen-bond donors (Lipinski definition) is 2. The maximum Gasteiger partial charge on any atom is 0.416 e. The van der Waals surface area contributed by atoms with Crippen molar-refractivity contribution in [1.82, 2.24) is 10.2 Å². The van der Waals surface area contributed by atoms with Crippen molar-refractivity contribution < 1.29 is 27.9 Å². The first-order chi connectivity index (χ1) is 18.6. The number of nitrogens with zero attached hydrogens (tertiary/aromatic N) is 1. The maximum absolute atomic E-state index is 14.0. The molecule has 3 aromatic rings. The average Bonchev–Trinajstić information content (AvgIpc) is 3.68. The Bertz CT molecular complexity index is 1360. The fourth-order valence-corrected chi connectivity index (χ4v) is 6.48. The average molecular weight is 555 g/mol. The molecular formula is C30H29F3N2O3S. The van der Waals surface area contributed by atoms with Gasteiger partial charge < -0.3 is 15.3 Å². The summed E-state index contributed by atoms with van der Waals surface area (Å²) in [6, 6.07) is 18.9. The Morgan fingerprint density at radius 1 is 1.05 bits per heavy atom. The van der Waals surface area contributed by atoms with Gasteiger partial charge in [-0.05, 0) is 54.7 Å². The predicted molar refractivity (Wildman–Crippen MR) is 143 cm³/mol. The van der Waals surface area contributed by atoms with Gasteiger partial charge in [0.2, 0.25) is 11.8 Å². The number of rotatable bonds is 8. The number of halogens is 3. The molecule has 0 radical (unpaired) electrons. The Morgan fingerprint density at radius 2 is 1.72 bits per heavy atom. The molecule has 5 nitrogen and oxygen atoms in total. The molecule has 2 amide bonds. The minimum absolute atomic E-state index is 0.0283. The number of thioether (sulfide) groups is 1. The second-order valence-corrected chi connectivity index (χ2v) is 11.6. The number of amides is 2. The second-order valence-electron chi connectivity index (χ2n) is 10.2. The van der Waals surface area contributed by atoms with Crippen molar-refractivity contribution >= 4 is 23.6 Å². The van der Waals surface area contributed by atoms with Crippen LogP contribution in [0.5, 0.6) is 0 Å². The highest BCUT2D eigenvalue weighted by Crippen LogP contribution is 2.53. The standard InChI is InChI=1S/C30H29F3N2O3S/c1-19-6-14-24(15-7-19)39-29(28(38)34-23-12-13-23)16-26(37)35(27(29)21-10-8-20(18-36)9-11-21)17-22-4-2-3-5-25(22)30(31,32)33/h2-11,14-15,23,27,36H,12-13,16-18H2,1H3,(H,34,38)/t27-,29-/m1/s1. The molecule has 39 heavy (non-hydrogen) atoms. The summed E-state index contributed by atoms with van der Waals surface area (Å²) in [4.78, 5) is 30.0. The molecule has 2 fully saturated rings. The van der Waals surface area contributed by atoms with Crippen molar-refractivity contribution in [3.05, 3.63) is 101 Å². The van der Waals surface area contributed by atoms with Gasteiger partial charge in [-0.15, -0.1) is 11.8 Å². The Kier molecular flexibility index (Phi) is 7.48. The molecule has 0 aromatic heterocycles. The molecule has 1 aliphatic heterocycles. The Morgan fingerprint density at radius 3 is 2.33 bits per heavy atom. The first-order valence-electron chi connectivity index (χ1n) is 12.8. The van der Waals surface area contributed by atoms with E-state index >= 15 is 0 Å². The molecule has 9 heteroatoms. The lowest BCUT2D eigenvalue weighted by Gasteiger charge is -2.37. The van der Waals surface area contributed by atoms with Gasteiger partial charge in [0.25, 0.3) is 0 Å². The summed E-state index contributed by atoms with van der Waals surface area (Å²) < 4.78 is 40.3. The quantitative estimate of drug-likeness (QED) is 0.370. The third kappa shape index (κ3) is 5.70. The molecule has 5 rings (SSSR count). The van der Waals surface area contributed by atoms with E-state index in [0.29, 0.717) is 11.1 Å². The normalized spacial score (nSPS) is 21.3. The Hall–Kier alpha value is -3.30. The number of carbonyl (C=O) groups is 2. The summed E-state index contributed by atoms with van der Waals surface area (Å²) in [5.74, 6) is -0.694. The van der Waals surface area contributed by atoms with Crippen LogP contribution in [-0.2, 0) is 28.9 Å². The minimum Gasteiger partial charge on any atom is -0.392 e. The van der Waals surface area contributed by atoms with E-state index in [1.54, 1.807) is 24.3 Å². The Balaban J connectivity index is 1.63. The second kappa shape index (κ2) is 10.7. The van der Waals surface area contributed by atoms with Crippen molar-refractivity contribution in [2.24, 2.45) is 0 Å². The van der Waals surface area contributed by atoms with Crippen LogP contribution in [0.3, 0.4) is 0 Å². The van der Waals surface area contributed by atoms with E-state index in [1.807, 2.05) is 31.2 Å². The summed E-state index contributed by atoms with van der Waals surface area (Å²) in [7, 11) is 0. The molecule has 3 aromatic carbocycles. The summed E-state index contributed by atoms with van der Waals surface area (Å²) >= 11 is 1.28. The minimum atomic E-state index is -4.59. The first-order valence-corrected chi connectivity index (χ1v) is 13.6. The smallest absolute Gasteiger partial charge is 0.392 e. The fraction of sp³-hybridized carbons (Fsp3) is 0.333. The number of benzene rings is 3. The molecular weight excluding hydrogens is 525 g/mol. The summed E-state index contributed by atoms with van der Waals surface area (Å²) in [6.45, 7) is 1.47. The highest BCUT2D eigenvalue weighted by atomic mass is 32.2. The molecule has 0 unspecified atom stereocenters. The lowest BCUT2D eigenvalue weighted by atomic mass is 9.90. The van der Waals surface area contributed by atoms with Crippen LogP contribution in [0.2, 0.25) is 0 Å². The lowest BCUT2D eigenvalue weighted by molar-refractivity contribution is -0.139. The number of nitrogens with one attached hydrogen (secondary N) is 1. The fourth-order valence-electron chi connectivity index (χ4n) is 5.07. The van der Waals surface area contributed by atoms with E-state index in [0.717, 1.165) is 29.4 Å². The monoisotopic (exact) mass is 554 g/mol. The van der Waals surface area contributed by atoms with E-state index in [4.69, 9.17) is 0 Å². The summed E-state index contributed by atoms with van der Waals surface area (Å²) in [6.07, 6.45) is -3.05. The van der Waals surface area contributed by atoms with Gasteiger partial charge in [0.1, 0.15) is 4.75 Å². The molecule has 0 bridgehead atoms. The third-order valence-electron chi connectivity index (χ3n) is 7.25. The van der Waals surface area contributed by atoms with Gasteiger partial charge in [-0.25, -0.2) is 0 Å². The van der Waals surface area contributed by atoms with Crippen LogP contribution < -0.4 is 5.32 Å². The van der Waals surface area contributed by atoms with Gasteiger partial charge in [-0.2, -0.15) is 13.2 Å². The van der Waals surface area contributed by atoms with Gasteiger partial charge in [-0.1, -0.05) is 60.2 Å². The highest BCUT2D eigenvalue weighted by molar-refractivity contribution is 8.01. The SMILES string of the molecule is Cc1ccc(S[C@]2(C(=O)NC3CC3)CC(=O)N(Cc3ccccc3C(F)(F)F)[C@@H]2c2ccc(CO)cc2)cc1. The van der Waals surface area contributed by atoms with Crippen LogP contribution in [0.4, 0.5) is 13.2 Å². The number of aliphatic hydroxyl groups is 1. The summed E-state index contributed by atoms with van der Waals surface area (Å²) in [5.41, 5.74) is 1.47. The molecule has 0 spiro atoms. The highest BCUT2D eigenvalue weighted by Gasteiger charge is 2.58. The number of carbonyl (C=O) groups excluding carboxylic acids is 2. The van der Waals surface area contributed by atoms with Crippen molar-refractivity contribution in [3.63, 3.8) is 0 Å². The van der Waals surface area contributed by atoms with E-state index in [2.05, 4.69) is 5.32 Å². The largest absolute Gasteiger partial charge is 0.416 e. The van der Waals surface area contributed by atoms with Gasteiger partial charge in [0, 0.05) is 17.5 Å². The number of likely N-dealkylation sites (tertiary alicyclic amines) is 1. The summed E-state index contributed by atoms with van der Waals surface area (Å²) in [5, 5.41) is 12.6. The van der Waals surface area contributed by atoms with Gasteiger partial charge in [0.15, 0.2) is 0 Å². The topological polar surface area (TPSA) is 69.6 Å². The van der Waals surface area contributed by atoms with Crippen LogP contribution in [0.25, 0.3) is 0 Å². The van der Waals surface area contributed by atoms with E-state index in [1.165, 1.54) is 34.9 Å². The third-order valence-corrected chi connectivity index (χ3v) is 8.67. The molecule has 2 N–H and O–H groups in total. The van der Waals surface area contributed by atoms with Gasteiger partial charge in [0.05, 0.1) is 24.6 Å². The zero-order valence-electron chi connectivity index (χ0n) is 21.4. The predicted octanol–water partition coefficient (Wildman–Crippen LogP) is 5.79. The van der Waals surface area contributed by atoms with Crippen LogP contribution in [0, 0.1) is 6.92 Å². The molecule has 1 saturated carbocycles. The first kappa shape index (κ1) is 27.3. The van der Waals surface area contributed by atoms with Crippen molar-refractivity contribution in [2.75, 3.05) is 0 Å². The molecule has 1 heterocycles. The zero-order valence-corrected chi connectivity index (χ0v) is 22.2. The van der Waals surface area contributed by atoms with Crippen LogP contribution in [0.1, 0.15) is 53.1 Å². The van der Waals surface area contributed by atoms with Crippen LogP contribution >= 0.6 is 11.8 Å². The van der Waals surface area contributed by atoms with E-state index in [-0.39, 0.29) is 37.1 Å². The van der Waals surface area contributed by atoms with Crippen molar-refractivity contribution in [3.8, 4) is 0 Å². The molecule has 1 aliphatic carbocycles. The molecule has 2 aliphatic rings. The van der Waals surface area contributed by atoms with Crippen LogP contribution in [0.15, 0.2) is 77.7 Å². The number of hydrogen-bond acceptors (Lipinski definition) is 4. The maximum atomic E-state index is 14.0. The van der Waals surface area contributed by atoms with Crippen molar-refractivity contribution in [1.29, 1.82) is 0 Å². The molecule has 2 atom stereocenters. The van der Waals surface area contributed by atoms with Gasteiger partial charge in [-0.3, -0.25) is 9.59 Å². The number of aryl methyl sites for hydroxylation is 1. The zero-order chi connectivity index (χ0) is 27.8. The Labute approximate surface area is 229 Å². The van der Waals surface area contributed by atoms with E-state index in [9.17, 15) is 27.9 Å². The number of aliphatic hydroxyl groups excluding tert-OH is 1. The molecule has 1 saturated heterocycles. The lowest BCUT2D eigenvalue weighted by Crippen LogP contribution is -2.49. The van der Waals surface area contributed by atoms with Crippen molar-refractivity contribution in [2.45, 2.75) is 67.2 Å². The van der Waals surface area contributed by atoms with Crippen LogP contribution in [-0.4, -0.2) is 32.6 Å². The van der Waals surface area contributed by atoms with E-state index < -0.39 is 28.4 Å². The molecule has 204 valence electrons. The van der Waals surface area contributed by atoms with Gasteiger partial charge >= 0.3 is 6.18 Å².